The number of hydrogen-bond acceptors (Lipinski definition) is 2. The number of rotatable bonds is 4. The molecule has 0 atom stereocenters. The molecule has 0 aromatic heterocycles. The van der Waals surface area contributed by atoms with Gasteiger partial charge in [0.05, 0.1) is 11.1 Å². The second-order valence-electron chi connectivity index (χ2n) is 2.54. The molecule has 3 heteroatoms. The Bertz CT molecular complexity index is 306. The van der Waals surface area contributed by atoms with Crippen molar-refractivity contribution in [2.45, 2.75) is 17.7 Å². The Hall–Kier alpha value is -0.650. The second-order valence-corrected chi connectivity index (χ2v) is 4.08. The summed E-state index contributed by atoms with van der Waals surface area (Å²) in [4.78, 5) is 1.10. The fraction of sp³-hybridized carbons (Fsp3) is 0.300. The maximum absolute atomic E-state index is 8.33. The van der Waals surface area contributed by atoms with E-state index in [-0.39, 0.29) is 0 Å². The van der Waals surface area contributed by atoms with Crippen LogP contribution in [0.5, 0.6) is 0 Å². The van der Waals surface area contributed by atoms with Gasteiger partial charge < -0.3 is 0 Å². The van der Waals surface area contributed by atoms with Crippen LogP contribution in [-0.2, 0) is 0 Å². The van der Waals surface area contributed by atoms with Gasteiger partial charge in [-0.3, -0.25) is 0 Å². The number of hydrogen-bond donors (Lipinski definition) is 0. The first-order valence-electron chi connectivity index (χ1n) is 4.09. The van der Waals surface area contributed by atoms with Crippen molar-refractivity contribution in [3.05, 3.63) is 29.3 Å². The molecular formula is C10H10ClNS. The molecular weight excluding hydrogens is 202 g/mol. The van der Waals surface area contributed by atoms with Gasteiger partial charge in [-0.1, -0.05) is 23.7 Å². The standard InChI is InChI=1S/C10H10ClNS/c11-9-5-1-2-6-10(9)13-8-4-3-7-12/h1-2,5-6H,3-4,8H2. The molecule has 1 aromatic carbocycles. The monoisotopic (exact) mass is 211 g/mol. The van der Waals surface area contributed by atoms with Crippen LogP contribution in [0.15, 0.2) is 29.2 Å². The van der Waals surface area contributed by atoms with Gasteiger partial charge in [-0.05, 0) is 24.3 Å². The molecule has 0 saturated carbocycles. The van der Waals surface area contributed by atoms with E-state index in [4.69, 9.17) is 16.9 Å². The first-order valence-corrected chi connectivity index (χ1v) is 5.45. The number of nitrogens with zero attached hydrogens (tertiary/aromatic N) is 1. The van der Waals surface area contributed by atoms with Gasteiger partial charge in [0.2, 0.25) is 0 Å². The van der Waals surface area contributed by atoms with Gasteiger partial charge in [0.25, 0.3) is 0 Å². The summed E-state index contributed by atoms with van der Waals surface area (Å²) in [6.45, 7) is 0. The van der Waals surface area contributed by atoms with Crippen molar-refractivity contribution in [1.29, 1.82) is 5.26 Å². The van der Waals surface area contributed by atoms with Crippen LogP contribution in [0.25, 0.3) is 0 Å². The van der Waals surface area contributed by atoms with Crippen molar-refractivity contribution >= 4 is 23.4 Å². The van der Waals surface area contributed by atoms with Gasteiger partial charge in [-0.2, -0.15) is 5.26 Å². The van der Waals surface area contributed by atoms with Crippen molar-refractivity contribution in [3.8, 4) is 6.07 Å². The molecule has 0 fully saturated rings. The minimum Gasteiger partial charge on any atom is -0.198 e. The third kappa shape index (κ3) is 3.71. The summed E-state index contributed by atoms with van der Waals surface area (Å²) in [6.07, 6.45) is 1.55. The van der Waals surface area contributed by atoms with Gasteiger partial charge in [0, 0.05) is 11.3 Å². The fourth-order valence-electron chi connectivity index (χ4n) is 0.895. The zero-order valence-corrected chi connectivity index (χ0v) is 8.74. The molecule has 0 saturated heterocycles. The van der Waals surface area contributed by atoms with Crippen molar-refractivity contribution < 1.29 is 0 Å². The summed E-state index contributed by atoms with van der Waals surface area (Å²) in [5.41, 5.74) is 0. The Labute approximate surface area is 87.7 Å². The SMILES string of the molecule is N#CCCCSc1ccccc1Cl. The van der Waals surface area contributed by atoms with Crippen LogP contribution in [0.3, 0.4) is 0 Å². The molecule has 0 aliphatic carbocycles. The molecule has 0 unspecified atom stereocenters. The van der Waals surface area contributed by atoms with Crippen molar-refractivity contribution in [3.63, 3.8) is 0 Å². The lowest BCUT2D eigenvalue weighted by molar-refractivity contribution is 0.981. The molecule has 0 aliphatic rings. The summed E-state index contributed by atoms with van der Waals surface area (Å²) in [5, 5.41) is 9.13. The van der Waals surface area contributed by atoms with E-state index < -0.39 is 0 Å². The summed E-state index contributed by atoms with van der Waals surface area (Å²) in [5.74, 6) is 0.956. The first-order chi connectivity index (χ1) is 6.34. The Kier molecular flexibility index (Phi) is 4.74. The molecule has 68 valence electrons. The molecule has 0 spiro atoms. The number of thioether (sulfide) groups is 1. The van der Waals surface area contributed by atoms with Gasteiger partial charge in [0.1, 0.15) is 0 Å². The van der Waals surface area contributed by atoms with Crippen LogP contribution < -0.4 is 0 Å². The van der Waals surface area contributed by atoms with Crippen molar-refractivity contribution in [1.82, 2.24) is 0 Å². The van der Waals surface area contributed by atoms with Crippen LogP contribution in [0.1, 0.15) is 12.8 Å². The quantitative estimate of drug-likeness (QED) is 0.560. The summed E-state index contributed by atoms with van der Waals surface area (Å²) in [7, 11) is 0. The average molecular weight is 212 g/mol. The molecule has 0 N–H and O–H groups in total. The van der Waals surface area contributed by atoms with Crippen LogP contribution in [0, 0.1) is 11.3 Å². The number of halogens is 1. The fourth-order valence-corrected chi connectivity index (χ4v) is 2.08. The molecule has 1 nitrogen and oxygen atoms in total. The largest absolute Gasteiger partial charge is 0.198 e. The average Bonchev–Trinajstić information content (AvgIpc) is 2.15. The Morgan fingerprint density at radius 1 is 1.38 bits per heavy atom. The van der Waals surface area contributed by atoms with E-state index in [0.717, 1.165) is 22.1 Å². The van der Waals surface area contributed by atoms with E-state index in [1.165, 1.54) is 0 Å². The maximum Gasteiger partial charge on any atom is 0.0622 e. The zero-order chi connectivity index (χ0) is 9.52. The summed E-state index contributed by atoms with van der Waals surface area (Å²) >= 11 is 7.66. The lowest BCUT2D eigenvalue weighted by atomic mass is 10.4. The topological polar surface area (TPSA) is 23.8 Å². The molecule has 0 amide bonds. The van der Waals surface area contributed by atoms with Crippen molar-refractivity contribution in [2.24, 2.45) is 0 Å². The predicted octanol–water partition coefficient (Wildman–Crippen LogP) is 3.74. The van der Waals surface area contributed by atoms with Crippen LogP contribution in [-0.4, -0.2) is 5.75 Å². The minimum atomic E-state index is 0.622. The van der Waals surface area contributed by atoms with E-state index in [1.54, 1.807) is 11.8 Å². The van der Waals surface area contributed by atoms with E-state index in [2.05, 4.69) is 6.07 Å². The van der Waals surface area contributed by atoms with Crippen LogP contribution in [0.4, 0.5) is 0 Å². The Morgan fingerprint density at radius 3 is 2.85 bits per heavy atom. The molecule has 13 heavy (non-hydrogen) atoms. The van der Waals surface area contributed by atoms with E-state index in [1.807, 2.05) is 24.3 Å². The third-order valence-electron chi connectivity index (χ3n) is 1.53. The van der Waals surface area contributed by atoms with Gasteiger partial charge in [0.15, 0.2) is 0 Å². The highest BCUT2D eigenvalue weighted by molar-refractivity contribution is 7.99. The lowest BCUT2D eigenvalue weighted by Gasteiger charge is -2.01. The minimum absolute atomic E-state index is 0.622. The third-order valence-corrected chi connectivity index (χ3v) is 3.13. The first kappa shape index (κ1) is 10.4. The van der Waals surface area contributed by atoms with E-state index in [0.29, 0.717) is 6.42 Å². The van der Waals surface area contributed by atoms with Gasteiger partial charge >= 0.3 is 0 Å². The molecule has 0 heterocycles. The second kappa shape index (κ2) is 5.90. The van der Waals surface area contributed by atoms with Crippen molar-refractivity contribution in [2.75, 3.05) is 5.75 Å². The van der Waals surface area contributed by atoms with E-state index in [9.17, 15) is 0 Å². The molecule has 0 radical (unpaired) electrons. The smallest absolute Gasteiger partial charge is 0.0622 e. The lowest BCUT2D eigenvalue weighted by Crippen LogP contribution is -1.79. The number of unbranched alkanes of at least 4 members (excludes halogenated alkanes) is 1. The Morgan fingerprint density at radius 2 is 2.15 bits per heavy atom. The van der Waals surface area contributed by atoms with Crippen LogP contribution >= 0.6 is 23.4 Å². The highest BCUT2D eigenvalue weighted by atomic mass is 35.5. The summed E-state index contributed by atoms with van der Waals surface area (Å²) in [6, 6.07) is 9.89. The molecule has 0 aliphatic heterocycles. The molecule has 1 aromatic rings. The highest BCUT2D eigenvalue weighted by Gasteiger charge is 1.98. The predicted molar refractivity (Wildman–Crippen MR) is 57.0 cm³/mol. The normalized spacial score (nSPS) is 9.54. The highest BCUT2D eigenvalue weighted by Crippen LogP contribution is 2.26. The number of nitriles is 1. The Balaban J connectivity index is 2.37. The van der Waals surface area contributed by atoms with E-state index >= 15 is 0 Å². The maximum atomic E-state index is 8.33. The van der Waals surface area contributed by atoms with Crippen LogP contribution in [0.2, 0.25) is 5.02 Å². The molecule has 0 bridgehead atoms. The zero-order valence-electron chi connectivity index (χ0n) is 7.16. The number of benzene rings is 1. The van der Waals surface area contributed by atoms with Gasteiger partial charge in [-0.15, -0.1) is 11.8 Å². The summed E-state index contributed by atoms with van der Waals surface area (Å²) < 4.78 is 0. The van der Waals surface area contributed by atoms with Gasteiger partial charge in [-0.25, -0.2) is 0 Å². The molecule has 1 rings (SSSR count).